The van der Waals surface area contributed by atoms with Crippen LogP contribution in [0.15, 0.2) is 18.3 Å². The van der Waals surface area contributed by atoms with Crippen LogP contribution in [0.3, 0.4) is 0 Å². The number of carbonyl (C=O) groups excluding carboxylic acids is 1. The van der Waals surface area contributed by atoms with Crippen LogP contribution in [0, 0.1) is 0 Å². The summed E-state index contributed by atoms with van der Waals surface area (Å²) in [6.45, 7) is 13.1. The Morgan fingerprint density at radius 3 is 2.52 bits per heavy atom. The van der Waals surface area contributed by atoms with E-state index in [0.29, 0.717) is 5.56 Å². The molecule has 0 radical (unpaired) electrons. The van der Waals surface area contributed by atoms with Crippen molar-refractivity contribution in [3.05, 3.63) is 23.9 Å². The van der Waals surface area contributed by atoms with Gasteiger partial charge in [-0.25, -0.2) is 4.98 Å². The molecule has 5 heteroatoms. The van der Waals surface area contributed by atoms with Crippen molar-refractivity contribution in [2.75, 3.05) is 50.7 Å². The normalized spacial score (nSPS) is 16.2. The zero-order chi connectivity index (χ0) is 16.7. The lowest BCUT2D eigenvalue weighted by Gasteiger charge is -2.22. The van der Waals surface area contributed by atoms with Crippen molar-refractivity contribution >= 4 is 11.7 Å². The van der Waals surface area contributed by atoms with Gasteiger partial charge in [0, 0.05) is 38.9 Å². The molecule has 1 aromatic rings. The minimum Gasteiger partial charge on any atom is -0.357 e. The maximum atomic E-state index is 12.7. The number of hydrogen-bond donors (Lipinski definition) is 0. The summed E-state index contributed by atoms with van der Waals surface area (Å²) in [5, 5.41) is 0. The number of anilines is 1. The molecule has 0 spiro atoms. The lowest BCUT2D eigenvalue weighted by atomic mass is 10.2. The van der Waals surface area contributed by atoms with Crippen molar-refractivity contribution in [2.45, 2.75) is 33.6 Å². The topological polar surface area (TPSA) is 39.7 Å². The summed E-state index contributed by atoms with van der Waals surface area (Å²) in [7, 11) is 0. The van der Waals surface area contributed by atoms with Crippen LogP contribution in [0.4, 0.5) is 5.82 Å². The summed E-state index contributed by atoms with van der Waals surface area (Å²) in [6, 6.07) is 3.87. The molecule has 1 aliphatic heterocycles. The molecule has 0 N–H and O–H groups in total. The Balaban J connectivity index is 1.99. The second-order valence-corrected chi connectivity index (χ2v) is 6.06. The van der Waals surface area contributed by atoms with E-state index in [1.54, 1.807) is 6.20 Å². The second-order valence-electron chi connectivity index (χ2n) is 6.06. The molecule has 0 aliphatic carbocycles. The molecule has 128 valence electrons. The van der Waals surface area contributed by atoms with E-state index in [0.717, 1.165) is 58.1 Å². The molecule has 1 saturated heterocycles. The van der Waals surface area contributed by atoms with Gasteiger partial charge in [0.05, 0.1) is 5.56 Å². The molecule has 1 aromatic heterocycles. The molecule has 0 bridgehead atoms. The third-order valence-corrected chi connectivity index (χ3v) is 4.50. The fourth-order valence-electron chi connectivity index (χ4n) is 3.14. The van der Waals surface area contributed by atoms with Crippen molar-refractivity contribution in [2.24, 2.45) is 0 Å². The number of hydrogen-bond acceptors (Lipinski definition) is 4. The van der Waals surface area contributed by atoms with Crippen LogP contribution >= 0.6 is 0 Å². The zero-order valence-corrected chi connectivity index (χ0v) is 14.8. The molecule has 1 amide bonds. The predicted octanol–water partition coefficient (Wildman–Crippen LogP) is 2.49. The molecule has 1 fully saturated rings. The quantitative estimate of drug-likeness (QED) is 0.808. The lowest BCUT2D eigenvalue weighted by Crippen LogP contribution is -2.35. The van der Waals surface area contributed by atoms with Crippen LogP contribution in [-0.4, -0.2) is 66.5 Å². The monoisotopic (exact) mass is 318 g/mol. The second kappa shape index (κ2) is 8.87. The Bertz CT molecular complexity index is 484. The molecular formula is C18H30N4O. The highest BCUT2D eigenvalue weighted by Gasteiger charge is 2.20. The van der Waals surface area contributed by atoms with Crippen LogP contribution in [0.2, 0.25) is 0 Å². The van der Waals surface area contributed by atoms with Gasteiger partial charge >= 0.3 is 0 Å². The Kier molecular flexibility index (Phi) is 6.84. The summed E-state index contributed by atoms with van der Waals surface area (Å²) in [6.07, 6.45) is 3.95. The smallest absolute Gasteiger partial charge is 0.255 e. The van der Waals surface area contributed by atoms with Gasteiger partial charge in [-0.2, -0.15) is 0 Å². The minimum absolute atomic E-state index is 0.113. The van der Waals surface area contributed by atoms with Gasteiger partial charge in [0.2, 0.25) is 0 Å². The van der Waals surface area contributed by atoms with Crippen molar-refractivity contribution in [1.82, 2.24) is 14.8 Å². The lowest BCUT2D eigenvalue weighted by molar-refractivity contribution is 0.0761. The van der Waals surface area contributed by atoms with E-state index in [1.165, 1.54) is 6.42 Å². The summed E-state index contributed by atoms with van der Waals surface area (Å²) >= 11 is 0. The van der Waals surface area contributed by atoms with E-state index in [-0.39, 0.29) is 5.91 Å². The van der Waals surface area contributed by atoms with Gasteiger partial charge in [0.25, 0.3) is 5.91 Å². The molecular weight excluding hydrogens is 288 g/mol. The third kappa shape index (κ3) is 4.67. The zero-order valence-electron chi connectivity index (χ0n) is 14.8. The van der Waals surface area contributed by atoms with Crippen LogP contribution in [-0.2, 0) is 0 Å². The van der Waals surface area contributed by atoms with Crippen molar-refractivity contribution < 1.29 is 4.79 Å². The largest absolute Gasteiger partial charge is 0.357 e. The minimum atomic E-state index is 0.113. The first-order valence-corrected chi connectivity index (χ1v) is 8.92. The van der Waals surface area contributed by atoms with Gasteiger partial charge in [0.1, 0.15) is 5.82 Å². The Labute approximate surface area is 140 Å². The summed E-state index contributed by atoms with van der Waals surface area (Å²) in [4.78, 5) is 23.8. The average molecular weight is 318 g/mol. The number of rotatable bonds is 6. The van der Waals surface area contributed by atoms with E-state index in [1.807, 2.05) is 17.0 Å². The highest BCUT2D eigenvalue weighted by atomic mass is 16.2. The molecule has 2 rings (SSSR count). The van der Waals surface area contributed by atoms with E-state index >= 15 is 0 Å². The van der Waals surface area contributed by atoms with Gasteiger partial charge < -0.3 is 14.7 Å². The number of pyridine rings is 1. The number of nitrogens with zero attached hydrogens (tertiary/aromatic N) is 4. The highest BCUT2D eigenvalue weighted by molar-refractivity contribution is 5.94. The summed E-state index contributed by atoms with van der Waals surface area (Å²) < 4.78 is 0. The Hall–Kier alpha value is -1.62. The van der Waals surface area contributed by atoms with Gasteiger partial charge in [-0.3, -0.25) is 4.79 Å². The van der Waals surface area contributed by atoms with Gasteiger partial charge in [-0.05, 0) is 51.9 Å². The average Bonchev–Trinajstić information content (AvgIpc) is 2.82. The molecule has 1 aliphatic rings. The van der Waals surface area contributed by atoms with Crippen molar-refractivity contribution in [1.29, 1.82) is 0 Å². The highest BCUT2D eigenvalue weighted by Crippen LogP contribution is 2.14. The molecule has 2 heterocycles. The van der Waals surface area contributed by atoms with Crippen molar-refractivity contribution in [3.8, 4) is 0 Å². The third-order valence-electron chi connectivity index (χ3n) is 4.50. The number of amides is 1. The number of carbonyl (C=O) groups is 1. The Morgan fingerprint density at radius 1 is 1.13 bits per heavy atom. The molecule has 23 heavy (non-hydrogen) atoms. The fourth-order valence-corrected chi connectivity index (χ4v) is 3.14. The van der Waals surface area contributed by atoms with Gasteiger partial charge in [-0.15, -0.1) is 0 Å². The summed E-state index contributed by atoms with van der Waals surface area (Å²) in [5.41, 5.74) is 0.699. The maximum Gasteiger partial charge on any atom is 0.255 e. The first kappa shape index (κ1) is 17.7. The molecule has 0 aromatic carbocycles. The van der Waals surface area contributed by atoms with Gasteiger partial charge in [-0.1, -0.05) is 6.92 Å². The maximum absolute atomic E-state index is 12.7. The van der Waals surface area contributed by atoms with E-state index in [4.69, 9.17) is 0 Å². The first-order chi connectivity index (χ1) is 11.2. The Morgan fingerprint density at radius 2 is 1.91 bits per heavy atom. The molecule has 5 nitrogen and oxygen atoms in total. The van der Waals surface area contributed by atoms with Crippen LogP contribution in [0.5, 0.6) is 0 Å². The van der Waals surface area contributed by atoms with Crippen LogP contribution in [0.1, 0.15) is 44.0 Å². The van der Waals surface area contributed by atoms with Gasteiger partial charge in [0.15, 0.2) is 0 Å². The first-order valence-electron chi connectivity index (χ1n) is 8.92. The SMILES string of the molecule is CCCN1CCCN(C(=O)c2ccc(N(CC)CC)nc2)CC1. The van der Waals surface area contributed by atoms with Crippen LogP contribution < -0.4 is 4.90 Å². The van der Waals surface area contributed by atoms with E-state index < -0.39 is 0 Å². The van der Waals surface area contributed by atoms with E-state index in [2.05, 4.69) is 35.6 Å². The standard InChI is InChI=1S/C18H30N4O/c1-4-10-20-11-7-12-22(14-13-20)18(23)16-8-9-17(19-15-16)21(5-2)6-3/h8-9,15H,4-7,10-14H2,1-3H3. The molecule has 0 saturated carbocycles. The van der Waals surface area contributed by atoms with Crippen molar-refractivity contribution in [3.63, 3.8) is 0 Å². The number of aromatic nitrogens is 1. The van der Waals surface area contributed by atoms with Crippen LogP contribution in [0.25, 0.3) is 0 Å². The predicted molar refractivity (Wildman–Crippen MR) is 95.0 cm³/mol. The molecule has 0 atom stereocenters. The van der Waals surface area contributed by atoms with E-state index in [9.17, 15) is 4.79 Å². The fraction of sp³-hybridized carbons (Fsp3) is 0.667. The molecule has 0 unspecified atom stereocenters. The summed E-state index contributed by atoms with van der Waals surface area (Å²) in [5.74, 6) is 1.05.